The number of para-hydroxylation sites is 1. The smallest absolute Gasteiger partial charge is 0.325 e. The number of rotatable bonds is 5. The molecule has 0 bridgehead atoms. The summed E-state index contributed by atoms with van der Waals surface area (Å²) in [6.45, 7) is 5.40. The van der Waals surface area contributed by atoms with E-state index in [0.717, 1.165) is 34.6 Å². The van der Waals surface area contributed by atoms with Gasteiger partial charge in [0.15, 0.2) is 0 Å². The number of benzene rings is 1. The van der Waals surface area contributed by atoms with Gasteiger partial charge in [-0.2, -0.15) is 0 Å². The van der Waals surface area contributed by atoms with Crippen molar-refractivity contribution in [3.63, 3.8) is 0 Å². The van der Waals surface area contributed by atoms with Crippen LogP contribution >= 0.6 is 0 Å². The van der Waals surface area contributed by atoms with E-state index in [1.807, 2.05) is 32.0 Å². The van der Waals surface area contributed by atoms with E-state index >= 15 is 0 Å². The van der Waals surface area contributed by atoms with Crippen molar-refractivity contribution in [2.45, 2.75) is 52.0 Å². The molecule has 1 aliphatic heterocycles. The summed E-state index contributed by atoms with van der Waals surface area (Å²) in [5, 5.41) is 5.64. The summed E-state index contributed by atoms with van der Waals surface area (Å²) in [7, 11) is 1.49. The van der Waals surface area contributed by atoms with Crippen LogP contribution in [0.5, 0.6) is 0 Å². The van der Waals surface area contributed by atoms with E-state index in [1.165, 1.54) is 11.9 Å². The number of likely N-dealkylation sites (N-methyl/N-ethyl adjacent to an activating group) is 1. The Hall–Kier alpha value is -2.90. The molecular weight excluding hydrogens is 384 g/mol. The molecule has 5 amide bonds. The summed E-state index contributed by atoms with van der Waals surface area (Å²) in [4.78, 5) is 52.5. The molecule has 2 aliphatic rings. The first-order valence-corrected chi connectivity index (χ1v) is 10.4. The number of anilines is 1. The summed E-state index contributed by atoms with van der Waals surface area (Å²) < 4.78 is 0. The minimum atomic E-state index is -0.873. The molecule has 0 unspecified atom stereocenters. The highest BCUT2D eigenvalue weighted by atomic mass is 16.2. The van der Waals surface area contributed by atoms with Crippen LogP contribution < -0.4 is 10.6 Å². The van der Waals surface area contributed by atoms with Crippen molar-refractivity contribution in [3.8, 4) is 0 Å². The number of hydrogen-bond donors (Lipinski definition) is 2. The maximum Gasteiger partial charge on any atom is 0.325 e. The molecule has 1 aliphatic carbocycles. The highest BCUT2D eigenvalue weighted by Crippen LogP contribution is 2.36. The van der Waals surface area contributed by atoms with Crippen molar-refractivity contribution >= 4 is 29.4 Å². The first-order chi connectivity index (χ1) is 14.1. The number of urea groups is 1. The fourth-order valence-electron chi connectivity index (χ4n) is 4.16. The Balaban J connectivity index is 1.58. The largest absolute Gasteiger partial charge is 0.335 e. The van der Waals surface area contributed by atoms with E-state index in [0.29, 0.717) is 18.8 Å². The molecule has 1 saturated carbocycles. The first kappa shape index (κ1) is 21.8. The van der Waals surface area contributed by atoms with Crippen molar-refractivity contribution in [2.75, 3.05) is 25.5 Å². The number of carbonyl (C=O) groups excluding carboxylic acids is 4. The van der Waals surface area contributed by atoms with Gasteiger partial charge in [0, 0.05) is 12.7 Å². The zero-order valence-corrected chi connectivity index (χ0v) is 18.1. The summed E-state index contributed by atoms with van der Waals surface area (Å²) in [6.07, 6.45) is 2.92. The Morgan fingerprint density at radius 2 is 1.80 bits per heavy atom. The normalized spacial score (nSPS) is 23.5. The zero-order chi connectivity index (χ0) is 22.1. The van der Waals surface area contributed by atoms with Crippen LogP contribution in [0, 0.1) is 19.8 Å². The molecule has 162 valence electrons. The van der Waals surface area contributed by atoms with Crippen molar-refractivity contribution < 1.29 is 19.2 Å². The first-order valence-electron chi connectivity index (χ1n) is 10.4. The third-order valence-corrected chi connectivity index (χ3v) is 6.22. The number of nitrogens with zero attached hydrogens (tertiary/aromatic N) is 2. The van der Waals surface area contributed by atoms with Crippen LogP contribution in [0.4, 0.5) is 10.5 Å². The number of hydrogen-bond acceptors (Lipinski definition) is 4. The second-order valence-electron chi connectivity index (χ2n) is 8.65. The Kier molecular flexibility index (Phi) is 6.14. The second kappa shape index (κ2) is 8.45. The van der Waals surface area contributed by atoms with Gasteiger partial charge >= 0.3 is 6.03 Å². The molecule has 1 aromatic carbocycles. The summed E-state index contributed by atoms with van der Waals surface area (Å²) in [5.74, 6) is -0.603. The SMILES string of the molecule is Cc1cccc(C)c1NC(=O)CN(C)C(=O)CN1C(=O)NC2(CCC(C)CC2)C1=O. The molecule has 2 fully saturated rings. The van der Waals surface area contributed by atoms with Crippen LogP contribution in [-0.2, 0) is 14.4 Å². The number of amides is 5. The molecule has 1 spiro atoms. The van der Waals surface area contributed by atoms with Crippen LogP contribution in [0.3, 0.4) is 0 Å². The fourth-order valence-corrected chi connectivity index (χ4v) is 4.16. The molecule has 30 heavy (non-hydrogen) atoms. The Bertz CT molecular complexity index is 854. The lowest BCUT2D eigenvalue weighted by Gasteiger charge is -2.33. The lowest BCUT2D eigenvalue weighted by molar-refractivity contribution is -0.139. The van der Waals surface area contributed by atoms with Crippen LogP contribution in [-0.4, -0.2) is 59.2 Å². The predicted octanol–water partition coefficient (Wildman–Crippen LogP) is 2.20. The number of aryl methyl sites for hydroxylation is 2. The molecule has 1 aromatic rings. The maximum atomic E-state index is 12.9. The Morgan fingerprint density at radius 3 is 2.40 bits per heavy atom. The number of carbonyl (C=O) groups is 4. The van der Waals surface area contributed by atoms with Gasteiger partial charge in [-0.25, -0.2) is 4.79 Å². The van der Waals surface area contributed by atoms with Gasteiger partial charge < -0.3 is 15.5 Å². The van der Waals surface area contributed by atoms with Gasteiger partial charge in [0.1, 0.15) is 12.1 Å². The molecule has 2 N–H and O–H groups in total. The maximum absolute atomic E-state index is 12.9. The molecule has 8 heteroatoms. The summed E-state index contributed by atoms with van der Waals surface area (Å²) in [5.41, 5.74) is 1.72. The van der Waals surface area contributed by atoms with Crippen LogP contribution in [0.25, 0.3) is 0 Å². The molecule has 8 nitrogen and oxygen atoms in total. The van der Waals surface area contributed by atoms with Gasteiger partial charge in [0.2, 0.25) is 11.8 Å². The second-order valence-corrected chi connectivity index (χ2v) is 8.65. The van der Waals surface area contributed by atoms with E-state index in [1.54, 1.807) is 0 Å². The van der Waals surface area contributed by atoms with Crippen molar-refractivity contribution in [2.24, 2.45) is 5.92 Å². The molecule has 1 saturated heterocycles. The predicted molar refractivity (Wildman–Crippen MR) is 113 cm³/mol. The van der Waals surface area contributed by atoms with Crippen molar-refractivity contribution in [1.82, 2.24) is 15.1 Å². The number of imide groups is 1. The van der Waals surface area contributed by atoms with E-state index in [-0.39, 0.29) is 24.9 Å². The summed E-state index contributed by atoms with van der Waals surface area (Å²) >= 11 is 0. The van der Waals surface area contributed by atoms with Gasteiger partial charge in [0.05, 0.1) is 6.54 Å². The monoisotopic (exact) mass is 414 g/mol. The van der Waals surface area contributed by atoms with Gasteiger partial charge in [-0.05, 0) is 56.6 Å². The van der Waals surface area contributed by atoms with E-state index in [4.69, 9.17) is 0 Å². The van der Waals surface area contributed by atoms with Crippen molar-refractivity contribution in [3.05, 3.63) is 29.3 Å². The van der Waals surface area contributed by atoms with Gasteiger partial charge in [-0.3, -0.25) is 19.3 Å². The molecule has 1 heterocycles. The average molecular weight is 415 g/mol. The van der Waals surface area contributed by atoms with Crippen molar-refractivity contribution in [1.29, 1.82) is 0 Å². The van der Waals surface area contributed by atoms with Crippen LogP contribution in [0.15, 0.2) is 18.2 Å². The third-order valence-electron chi connectivity index (χ3n) is 6.22. The molecule has 0 aromatic heterocycles. The average Bonchev–Trinajstić information content (AvgIpc) is 2.91. The molecule has 0 radical (unpaired) electrons. The molecular formula is C22H30N4O4. The minimum absolute atomic E-state index is 0.168. The molecule has 0 atom stereocenters. The lowest BCUT2D eigenvalue weighted by Crippen LogP contribution is -2.50. The highest BCUT2D eigenvalue weighted by Gasteiger charge is 2.52. The Labute approximate surface area is 177 Å². The molecule has 3 rings (SSSR count). The standard InChI is InChI=1S/C22H30N4O4/c1-14-8-10-22(11-9-14)20(29)26(21(30)24-22)13-18(28)25(4)12-17(27)23-19-15(2)6-5-7-16(19)3/h5-7,14H,8-13H2,1-4H3,(H,23,27)(H,24,30). The van der Waals surface area contributed by atoms with E-state index in [2.05, 4.69) is 17.6 Å². The quantitative estimate of drug-likeness (QED) is 0.722. The number of nitrogens with one attached hydrogen (secondary N) is 2. The van der Waals surface area contributed by atoms with Gasteiger partial charge in [0.25, 0.3) is 5.91 Å². The topological polar surface area (TPSA) is 98.8 Å². The van der Waals surface area contributed by atoms with Gasteiger partial charge in [-0.1, -0.05) is 25.1 Å². The minimum Gasteiger partial charge on any atom is -0.335 e. The Morgan fingerprint density at radius 1 is 1.20 bits per heavy atom. The van der Waals surface area contributed by atoms with E-state index < -0.39 is 17.5 Å². The van der Waals surface area contributed by atoms with E-state index in [9.17, 15) is 19.2 Å². The highest BCUT2D eigenvalue weighted by molar-refractivity contribution is 6.09. The summed E-state index contributed by atoms with van der Waals surface area (Å²) in [6, 6.07) is 5.18. The van der Waals surface area contributed by atoms with Gasteiger partial charge in [-0.15, -0.1) is 0 Å². The lowest BCUT2D eigenvalue weighted by atomic mass is 9.77. The fraction of sp³-hybridized carbons (Fsp3) is 0.545. The third kappa shape index (κ3) is 4.32. The van der Waals surface area contributed by atoms with Crippen LogP contribution in [0.1, 0.15) is 43.7 Å². The van der Waals surface area contributed by atoms with Crippen LogP contribution in [0.2, 0.25) is 0 Å². The zero-order valence-electron chi connectivity index (χ0n) is 18.1.